The molecular formula is C21H32O. The Bertz CT molecular complexity index is 538. The molecule has 5 atom stereocenters. The zero-order valence-corrected chi connectivity index (χ0v) is 14.7. The van der Waals surface area contributed by atoms with Crippen LogP contribution in [-0.2, 0) is 4.74 Å². The largest absolute Gasteiger partial charge is 0.370 e. The van der Waals surface area contributed by atoms with E-state index in [2.05, 4.69) is 20.8 Å². The van der Waals surface area contributed by atoms with E-state index in [1.165, 1.54) is 57.8 Å². The van der Waals surface area contributed by atoms with Crippen LogP contribution in [0, 0.1) is 28.6 Å². The molecule has 0 radical (unpaired) electrons. The monoisotopic (exact) mass is 300 g/mol. The van der Waals surface area contributed by atoms with Gasteiger partial charge in [0.2, 0.25) is 0 Å². The normalized spacial score (nSPS) is 52.2. The minimum atomic E-state index is 0.353. The summed E-state index contributed by atoms with van der Waals surface area (Å²) >= 11 is 0. The summed E-state index contributed by atoms with van der Waals surface area (Å²) in [6.45, 7) is 8.72. The minimum absolute atomic E-state index is 0.353. The number of allylic oxidation sites excluding steroid dienone is 2. The van der Waals surface area contributed by atoms with Crippen molar-refractivity contribution in [3.8, 4) is 0 Å². The second kappa shape index (κ2) is 4.21. The van der Waals surface area contributed by atoms with Gasteiger partial charge in [0.1, 0.15) is 0 Å². The fourth-order valence-corrected chi connectivity index (χ4v) is 7.15. The van der Waals surface area contributed by atoms with Gasteiger partial charge in [0.25, 0.3) is 0 Å². The summed E-state index contributed by atoms with van der Waals surface area (Å²) in [4.78, 5) is 0. The van der Waals surface area contributed by atoms with Gasteiger partial charge >= 0.3 is 0 Å². The van der Waals surface area contributed by atoms with E-state index in [0.717, 1.165) is 24.4 Å². The summed E-state index contributed by atoms with van der Waals surface area (Å²) < 4.78 is 5.85. The van der Waals surface area contributed by atoms with E-state index in [-0.39, 0.29) is 0 Å². The smallest absolute Gasteiger partial charge is 0.0919 e. The molecule has 5 rings (SSSR count). The van der Waals surface area contributed by atoms with Gasteiger partial charge in [0.15, 0.2) is 0 Å². The molecule has 1 aliphatic heterocycles. The Morgan fingerprint density at radius 2 is 1.77 bits per heavy atom. The molecule has 1 heterocycles. The van der Waals surface area contributed by atoms with Crippen LogP contribution < -0.4 is 0 Å². The Morgan fingerprint density at radius 1 is 0.955 bits per heavy atom. The number of rotatable bonds is 0. The van der Waals surface area contributed by atoms with Crippen molar-refractivity contribution in [1.29, 1.82) is 0 Å². The molecule has 5 aliphatic rings. The molecule has 0 unspecified atom stereocenters. The molecule has 3 fully saturated rings. The summed E-state index contributed by atoms with van der Waals surface area (Å²) in [6, 6.07) is 0. The van der Waals surface area contributed by atoms with Crippen LogP contribution in [0.4, 0.5) is 0 Å². The van der Waals surface area contributed by atoms with E-state index in [1.54, 1.807) is 0 Å². The van der Waals surface area contributed by atoms with Gasteiger partial charge in [-0.1, -0.05) is 31.9 Å². The van der Waals surface area contributed by atoms with Gasteiger partial charge in [0.05, 0.1) is 12.2 Å². The summed E-state index contributed by atoms with van der Waals surface area (Å²) in [7, 11) is 0. The molecule has 1 heteroatoms. The first-order valence-corrected chi connectivity index (χ1v) is 9.80. The summed E-state index contributed by atoms with van der Waals surface area (Å²) in [5, 5.41) is 0. The van der Waals surface area contributed by atoms with Crippen molar-refractivity contribution in [2.45, 2.75) is 84.2 Å². The highest BCUT2D eigenvalue weighted by atomic mass is 16.6. The van der Waals surface area contributed by atoms with Crippen LogP contribution in [0.2, 0.25) is 0 Å². The number of ether oxygens (including phenoxy) is 1. The fourth-order valence-electron chi connectivity index (χ4n) is 7.15. The van der Waals surface area contributed by atoms with Crippen LogP contribution in [0.5, 0.6) is 0 Å². The third-order valence-corrected chi connectivity index (χ3v) is 8.76. The molecule has 0 N–H and O–H groups in total. The Balaban J connectivity index is 1.47. The molecule has 0 aromatic heterocycles. The summed E-state index contributed by atoms with van der Waals surface area (Å²) in [5.74, 6) is 2.87. The third kappa shape index (κ3) is 1.75. The zero-order valence-electron chi connectivity index (χ0n) is 14.7. The van der Waals surface area contributed by atoms with Gasteiger partial charge in [-0.25, -0.2) is 0 Å². The van der Waals surface area contributed by atoms with Gasteiger partial charge in [-0.15, -0.1) is 0 Å². The van der Waals surface area contributed by atoms with Crippen LogP contribution in [0.25, 0.3) is 0 Å². The van der Waals surface area contributed by atoms with Crippen molar-refractivity contribution in [2.24, 2.45) is 28.6 Å². The van der Waals surface area contributed by atoms with Gasteiger partial charge in [-0.2, -0.15) is 0 Å². The van der Waals surface area contributed by atoms with E-state index < -0.39 is 0 Å². The lowest BCUT2D eigenvalue weighted by Gasteiger charge is -2.57. The van der Waals surface area contributed by atoms with Crippen LogP contribution >= 0.6 is 0 Å². The van der Waals surface area contributed by atoms with Crippen LogP contribution in [0.1, 0.15) is 78.6 Å². The van der Waals surface area contributed by atoms with Gasteiger partial charge < -0.3 is 4.74 Å². The van der Waals surface area contributed by atoms with Gasteiger partial charge in [0, 0.05) is 0 Å². The van der Waals surface area contributed by atoms with Crippen molar-refractivity contribution < 1.29 is 4.74 Å². The number of hydrogen-bond acceptors (Lipinski definition) is 1. The lowest BCUT2D eigenvalue weighted by Crippen LogP contribution is -2.50. The molecule has 0 amide bonds. The fraction of sp³-hybridized carbons (Fsp3) is 0.905. The maximum atomic E-state index is 5.85. The van der Waals surface area contributed by atoms with E-state index in [0.29, 0.717) is 16.4 Å². The van der Waals surface area contributed by atoms with Crippen molar-refractivity contribution in [2.75, 3.05) is 6.61 Å². The van der Waals surface area contributed by atoms with Gasteiger partial charge in [-0.05, 0) is 86.4 Å². The van der Waals surface area contributed by atoms with E-state index >= 15 is 0 Å². The maximum Gasteiger partial charge on any atom is 0.0919 e. The minimum Gasteiger partial charge on any atom is -0.370 e. The highest BCUT2D eigenvalue weighted by molar-refractivity contribution is 5.33. The van der Waals surface area contributed by atoms with Crippen molar-refractivity contribution >= 4 is 0 Å². The molecule has 0 aromatic carbocycles. The van der Waals surface area contributed by atoms with Crippen LogP contribution in [0.3, 0.4) is 0 Å². The number of fused-ring (bicyclic) bond motifs is 4. The van der Waals surface area contributed by atoms with Crippen molar-refractivity contribution in [3.05, 3.63) is 11.1 Å². The molecule has 4 aliphatic carbocycles. The topological polar surface area (TPSA) is 12.5 Å². The predicted octanol–water partition coefficient (Wildman–Crippen LogP) is 5.50. The number of hydrogen-bond donors (Lipinski definition) is 0. The molecule has 1 nitrogen and oxygen atoms in total. The zero-order chi connectivity index (χ0) is 15.2. The first-order valence-electron chi connectivity index (χ1n) is 9.80. The average Bonchev–Trinajstić information content (AvgIpc) is 3.17. The molecule has 22 heavy (non-hydrogen) atoms. The first-order chi connectivity index (χ1) is 10.4. The van der Waals surface area contributed by atoms with E-state index in [4.69, 9.17) is 4.74 Å². The third-order valence-electron chi connectivity index (χ3n) is 8.76. The Morgan fingerprint density at radius 3 is 2.55 bits per heavy atom. The molecule has 122 valence electrons. The lowest BCUT2D eigenvalue weighted by molar-refractivity contribution is -0.0547. The molecule has 1 spiro atoms. The standard InChI is InChI=1S/C21H32O/c1-19(2)9-8-16-15-5-4-14-12-21(13-22-21)11-10-20(14,3)18(15)7-6-17(16)19/h14-15,18H,4-13H2,1-3H3/t14-,15+,18+,20-,21+/m0/s1. The molecule has 2 saturated carbocycles. The molecule has 1 saturated heterocycles. The van der Waals surface area contributed by atoms with E-state index in [9.17, 15) is 0 Å². The second-order valence-corrected chi connectivity index (χ2v) is 10.1. The Labute approximate surface area is 135 Å². The Kier molecular flexibility index (Phi) is 2.69. The molecule has 0 aromatic rings. The Hall–Kier alpha value is -0.300. The molecular weight excluding hydrogens is 268 g/mol. The second-order valence-electron chi connectivity index (χ2n) is 10.1. The highest BCUT2D eigenvalue weighted by Gasteiger charge is 2.59. The van der Waals surface area contributed by atoms with Crippen molar-refractivity contribution in [1.82, 2.24) is 0 Å². The first kappa shape index (κ1) is 14.1. The van der Waals surface area contributed by atoms with E-state index in [1.807, 2.05) is 11.1 Å². The predicted molar refractivity (Wildman–Crippen MR) is 89.6 cm³/mol. The summed E-state index contributed by atoms with van der Waals surface area (Å²) in [6.07, 6.45) is 12.8. The SMILES string of the molecule is CC1(C)CCC2=C1CC[C@@H]1[C@@H]2CC[C@H]2C[C@]3(CC[C@@]21C)CO3. The quantitative estimate of drug-likeness (QED) is 0.425. The highest BCUT2D eigenvalue weighted by Crippen LogP contribution is 2.65. The average molecular weight is 300 g/mol. The lowest BCUT2D eigenvalue weighted by atomic mass is 9.48. The van der Waals surface area contributed by atoms with Crippen molar-refractivity contribution in [3.63, 3.8) is 0 Å². The van der Waals surface area contributed by atoms with Crippen LogP contribution in [0.15, 0.2) is 11.1 Å². The van der Waals surface area contributed by atoms with Crippen LogP contribution in [-0.4, -0.2) is 12.2 Å². The van der Waals surface area contributed by atoms with Gasteiger partial charge in [-0.3, -0.25) is 0 Å². The summed E-state index contributed by atoms with van der Waals surface area (Å²) in [5.41, 5.74) is 5.30. The number of epoxide rings is 1. The molecule has 0 bridgehead atoms. The maximum absolute atomic E-state index is 5.85.